The molecule has 100 valence electrons. The number of rotatable bonds is 3. The molecule has 3 rings (SSSR count). The molecular formula is C15H13N3O2. The molecule has 3 aromatic rings. The van der Waals surface area contributed by atoms with Crippen LogP contribution in [-0.2, 0) is 4.74 Å². The van der Waals surface area contributed by atoms with Gasteiger partial charge in [-0.05, 0) is 19.1 Å². The molecule has 0 N–H and O–H groups in total. The Labute approximate surface area is 115 Å². The van der Waals surface area contributed by atoms with Crippen LogP contribution >= 0.6 is 0 Å². The lowest BCUT2D eigenvalue weighted by molar-refractivity contribution is 0.0528. The molecule has 0 bridgehead atoms. The number of fused-ring (bicyclic) bond motifs is 1. The molecule has 2 heterocycles. The second-order valence-electron chi connectivity index (χ2n) is 4.23. The monoisotopic (exact) mass is 267 g/mol. The number of nitrogens with zero attached hydrogens (tertiary/aromatic N) is 3. The van der Waals surface area contributed by atoms with Crippen molar-refractivity contribution < 1.29 is 9.53 Å². The molecule has 0 unspecified atom stereocenters. The van der Waals surface area contributed by atoms with Crippen LogP contribution < -0.4 is 0 Å². The Hall–Kier alpha value is -2.69. The van der Waals surface area contributed by atoms with Crippen LogP contribution in [-0.4, -0.2) is 27.2 Å². The number of aromatic nitrogens is 3. The van der Waals surface area contributed by atoms with Crippen LogP contribution in [0.5, 0.6) is 0 Å². The van der Waals surface area contributed by atoms with Crippen molar-refractivity contribution in [2.24, 2.45) is 0 Å². The minimum Gasteiger partial charge on any atom is -0.462 e. The number of benzene rings is 1. The van der Waals surface area contributed by atoms with Gasteiger partial charge in [0, 0.05) is 11.8 Å². The average Bonchev–Trinajstić information content (AvgIpc) is 2.92. The van der Waals surface area contributed by atoms with E-state index in [0.29, 0.717) is 23.6 Å². The van der Waals surface area contributed by atoms with Crippen LogP contribution in [0, 0.1) is 0 Å². The number of carbonyl (C=O) groups excluding carboxylic acids is 1. The first kappa shape index (κ1) is 12.3. The van der Waals surface area contributed by atoms with Gasteiger partial charge >= 0.3 is 5.97 Å². The maximum atomic E-state index is 11.9. The number of hydrogen-bond acceptors (Lipinski definition) is 4. The van der Waals surface area contributed by atoms with Gasteiger partial charge in [0.05, 0.1) is 6.61 Å². The highest BCUT2D eigenvalue weighted by Crippen LogP contribution is 2.19. The number of carbonyl (C=O) groups is 1. The molecule has 0 aliphatic carbocycles. The standard InChI is InChI=1S/C15H13N3O2/c1-2-20-15(19)12-9-6-10-18-13(16-17-14(12)18)11-7-4-3-5-8-11/h3-10H,2H2,1H3. The Morgan fingerprint density at radius 2 is 1.95 bits per heavy atom. The molecule has 0 aliphatic rings. The van der Waals surface area contributed by atoms with E-state index in [-0.39, 0.29) is 5.97 Å². The summed E-state index contributed by atoms with van der Waals surface area (Å²) >= 11 is 0. The maximum absolute atomic E-state index is 11.9. The molecular weight excluding hydrogens is 254 g/mol. The van der Waals surface area contributed by atoms with Gasteiger partial charge in [-0.3, -0.25) is 4.40 Å². The second kappa shape index (κ2) is 5.13. The number of esters is 1. The summed E-state index contributed by atoms with van der Waals surface area (Å²) < 4.78 is 6.82. The molecule has 20 heavy (non-hydrogen) atoms. The molecule has 0 aliphatic heterocycles. The summed E-state index contributed by atoms with van der Waals surface area (Å²) in [5.74, 6) is 0.317. The summed E-state index contributed by atoms with van der Waals surface area (Å²) in [7, 11) is 0. The predicted octanol–water partition coefficient (Wildman–Crippen LogP) is 2.57. The number of hydrogen-bond donors (Lipinski definition) is 0. The summed E-state index contributed by atoms with van der Waals surface area (Å²) in [4.78, 5) is 11.9. The van der Waals surface area contributed by atoms with E-state index < -0.39 is 0 Å². The van der Waals surface area contributed by atoms with Gasteiger partial charge in [0.15, 0.2) is 11.5 Å². The lowest BCUT2D eigenvalue weighted by Gasteiger charge is -2.04. The highest BCUT2D eigenvalue weighted by molar-refractivity contribution is 5.96. The van der Waals surface area contributed by atoms with Crippen LogP contribution in [0.4, 0.5) is 0 Å². The minimum absolute atomic E-state index is 0.333. The van der Waals surface area contributed by atoms with Crippen molar-refractivity contribution in [2.45, 2.75) is 6.92 Å². The van der Waals surface area contributed by atoms with E-state index in [1.54, 1.807) is 23.5 Å². The largest absolute Gasteiger partial charge is 0.462 e. The van der Waals surface area contributed by atoms with Crippen LogP contribution in [0.25, 0.3) is 17.0 Å². The first-order chi connectivity index (χ1) is 9.81. The Bertz CT molecular complexity index is 750. The van der Waals surface area contributed by atoms with Crippen LogP contribution in [0.3, 0.4) is 0 Å². The molecule has 5 nitrogen and oxygen atoms in total. The summed E-state index contributed by atoms with van der Waals surface area (Å²) in [6.45, 7) is 2.11. The van der Waals surface area contributed by atoms with Gasteiger partial charge in [0.1, 0.15) is 5.56 Å². The van der Waals surface area contributed by atoms with Crippen molar-refractivity contribution in [1.82, 2.24) is 14.6 Å². The Kier molecular flexibility index (Phi) is 3.16. The van der Waals surface area contributed by atoms with Gasteiger partial charge in [-0.1, -0.05) is 30.3 Å². The average molecular weight is 267 g/mol. The van der Waals surface area contributed by atoms with E-state index in [0.717, 1.165) is 5.56 Å². The van der Waals surface area contributed by atoms with E-state index in [1.165, 1.54) is 0 Å². The predicted molar refractivity (Wildman–Crippen MR) is 74.4 cm³/mol. The third-order valence-corrected chi connectivity index (χ3v) is 2.96. The molecule has 0 atom stereocenters. The smallest absolute Gasteiger partial charge is 0.341 e. The lowest BCUT2D eigenvalue weighted by atomic mass is 10.2. The zero-order valence-corrected chi connectivity index (χ0v) is 11.0. The van der Waals surface area contributed by atoms with Crippen molar-refractivity contribution in [3.8, 4) is 11.4 Å². The van der Waals surface area contributed by atoms with Gasteiger partial charge < -0.3 is 4.74 Å². The zero-order valence-electron chi connectivity index (χ0n) is 11.0. The van der Waals surface area contributed by atoms with Gasteiger partial charge in [-0.15, -0.1) is 10.2 Å². The highest BCUT2D eigenvalue weighted by atomic mass is 16.5. The Balaban J connectivity index is 2.15. The molecule has 0 saturated heterocycles. The fourth-order valence-corrected chi connectivity index (χ4v) is 2.07. The summed E-state index contributed by atoms with van der Waals surface area (Å²) in [6.07, 6.45) is 1.83. The third-order valence-electron chi connectivity index (χ3n) is 2.96. The van der Waals surface area contributed by atoms with Crippen molar-refractivity contribution in [1.29, 1.82) is 0 Å². The molecule has 0 saturated carbocycles. The first-order valence-electron chi connectivity index (χ1n) is 6.37. The van der Waals surface area contributed by atoms with Crippen LogP contribution in [0.2, 0.25) is 0 Å². The van der Waals surface area contributed by atoms with E-state index in [2.05, 4.69) is 10.2 Å². The molecule has 2 aromatic heterocycles. The van der Waals surface area contributed by atoms with Crippen molar-refractivity contribution >= 4 is 11.6 Å². The highest BCUT2D eigenvalue weighted by Gasteiger charge is 2.16. The quantitative estimate of drug-likeness (QED) is 0.684. The van der Waals surface area contributed by atoms with E-state index in [4.69, 9.17) is 4.74 Å². The molecule has 0 spiro atoms. The molecule has 1 aromatic carbocycles. The number of pyridine rings is 1. The fourth-order valence-electron chi connectivity index (χ4n) is 2.07. The second-order valence-corrected chi connectivity index (χ2v) is 4.23. The number of ether oxygens (including phenoxy) is 1. The summed E-state index contributed by atoms with van der Waals surface area (Å²) in [6, 6.07) is 13.2. The first-order valence-corrected chi connectivity index (χ1v) is 6.37. The van der Waals surface area contributed by atoms with E-state index in [1.807, 2.05) is 36.5 Å². The van der Waals surface area contributed by atoms with Gasteiger partial charge in [-0.25, -0.2) is 4.79 Å². The summed E-state index contributed by atoms with van der Waals surface area (Å²) in [5.41, 5.74) is 1.87. The van der Waals surface area contributed by atoms with Gasteiger partial charge in [-0.2, -0.15) is 0 Å². The maximum Gasteiger partial charge on any atom is 0.341 e. The fraction of sp³-hybridized carbons (Fsp3) is 0.133. The lowest BCUT2D eigenvalue weighted by Crippen LogP contribution is -2.07. The van der Waals surface area contributed by atoms with Gasteiger partial charge in [0.2, 0.25) is 0 Å². The topological polar surface area (TPSA) is 56.5 Å². The SMILES string of the molecule is CCOC(=O)c1cccn2c(-c3ccccc3)nnc12. The van der Waals surface area contributed by atoms with E-state index >= 15 is 0 Å². The summed E-state index contributed by atoms with van der Waals surface area (Å²) in [5, 5.41) is 8.28. The van der Waals surface area contributed by atoms with Crippen molar-refractivity contribution in [2.75, 3.05) is 6.61 Å². The van der Waals surface area contributed by atoms with Crippen LogP contribution in [0.1, 0.15) is 17.3 Å². The Morgan fingerprint density at radius 1 is 1.15 bits per heavy atom. The minimum atomic E-state index is -0.384. The van der Waals surface area contributed by atoms with Crippen molar-refractivity contribution in [3.05, 3.63) is 54.2 Å². The molecule has 0 radical (unpaired) electrons. The zero-order chi connectivity index (χ0) is 13.9. The third kappa shape index (κ3) is 2.03. The molecule has 0 amide bonds. The molecule has 5 heteroatoms. The van der Waals surface area contributed by atoms with Crippen LogP contribution in [0.15, 0.2) is 48.7 Å². The molecule has 0 fully saturated rings. The van der Waals surface area contributed by atoms with Gasteiger partial charge in [0.25, 0.3) is 0 Å². The Morgan fingerprint density at radius 3 is 2.70 bits per heavy atom. The van der Waals surface area contributed by atoms with Crippen molar-refractivity contribution in [3.63, 3.8) is 0 Å². The van der Waals surface area contributed by atoms with E-state index in [9.17, 15) is 4.79 Å². The normalized spacial score (nSPS) is 10.7.